The highest BCUT2D eigenvalue weighted by Gasteiger charge is 2.17. The van der Waals surface area contributed by atoms with Crippen LogP contribution in [0, 0.1) is 0 Å². The molecule has 94 valence electrons. The lowest BCUT2D eigenvalue weighted by molar-refractivity contribution is 0.123. The molecule has 0 amide bonds. The van der Waals surface area contributed by atoms with Crippen molar-refractivity contribution in [1.29, 1.82) is 0 Å². The van der Waals surface area contributed by atoms with E-state index in [1.165, 1.54) is 5.56 Å². The first-order valence-electron chi connectivity index (χ1n) is 6.11. The summed E-state index contributed by atoms with van der Waals surface area (Å²) in [7, 11) is 0. The van der Waals surface area contributed by atoms with Gasteiger partial charge in [0.25, 0.3) is 0 Å². The molecule has 1 aromatic rings. The van der Waals surface area contributed by atoms with Gasteiger partial charge in [-0.05, 0) is 23.6 Å². The van der Waals surface area contributed by atoms with Crippen LogP contribution in [0.5, 0.6) is 0 Å². The minimum atomic E-state index is 0.443. The van der Waals surface area contributed by atoms with Crippen molar-refractivity contribution in [3.63, 3.8) is 0 Å². The van der Waals surface area contributed by atoms with Crippen LogP contribution in [-0.4, -0.2) is 26.3 Å². The fraction of sp³-hybridized carbons (Fsp3) is 0.538. The Hall–Kier alpha value is -1.42. The van der Waals surface area contributed by atoms with Crippen LogP contribution in [0.25, 0.3) is 0 Å². The lowest BCUT2D eigenvalue weighted by Crippen LogP contribution is -2.37. The van der Waals surface area contributed by atoms with Gasteiger partial charge in [0.05, 0.1) is 30.3 Å². The summed E-state index contributed by atoms with van der Waals surface area (Å²) in [5, 5.41) is 0. The highest BCUT2D eigenvalue weighted by Crippen LogP contribution is 2.34. The molecular formula is C13H21N3O. The van der Waals surface area contributed by atoms with E-state index in [9.17, 15) is 0 Å². The van der Waals surface area contributed by atoms with Crippen molar-refractivity contribution in [3.05, 3.63) is 17.7 Å². The summed E-state index contributed by atoms with van der Waals surface area (Å²) >= 11 is 0. The van der Waals surface area contributed by atoms with Gasteiger partial charge >= 0.3 is 0 Å². The molecule has 4 nitrogen and oxygen atoms in total. The number of ether oxygens (including phenoxy) is 1. The molecule has 0 atom stereocenters. The van der Waals surface area contributed by atoms with Crippen LogP contribution >= 0.6 is 0 Å². The summed E-state index contributed by atoms with van der Waals surface area (Å²) in [6, 6.07) is 4.07. The van der Waals surface area contributed by atoms with Crippen LogP contribution in [0.15, 0.2) is 12.1 Å². The van der Waals surface area contributed by atoms with Crippen molar-refractivity contribution < 1.29 is 4.74 Å². The number of hydrogen-bond acceptors (Lipinski definition) is 4. The van der Waals surface area contributed by atoms with Crippen molar-refractivity contribution in [2.45, 2.75) is 19.8 Å². The molecule has 0 aliphatic carbocycles. The third-order valence-electron chi connectivity index (χ3n) is 3.19. The van der Waals surface area contributed by atoms with Crippen molar-refractivity contribution in [1.82, 2.24) is 0 Å². The zero-order chi connectivity index (χ0) is 12.4. The van der Waals surface area contributed by atoms with Crippen LogP contribution in [-0.2, 0) is 4.74 Å². The molecule has 1 saturated heterocycles. The summed E-state index contributed by atoms with van der Waals surface area (Å²) in [5.74, 6) is 0.443. The molecular weight excluding hydrogens is 214 g/mol. The Bertz CT molecular complexity index is 375. The smallest absolute Gasteiger partial charge is 0.0835 e. The zero-order valence-electron chi connectivity index (χ0n) is 10.6. The van der Waals surface area contributed by atoms with Crippen molar-refractivity contribution >= 4 is 17.1 Å². The summed E-state index contributed by atoms with van der Waals surface area (Å²) in [4.78, 5) is 2.21. The average molecular weight is 235 g/mol. The van der Waals surface area contributed by atoms with Gasteiger partial charge in [0, 0.05) is 13.1 Å². The third-order valence-corrected chi connectivity index (χ3v) is 3.19. The first kappa shape index (κ1) is 12.0. The Balaban J connectivity index is 2.33. The van der Waals surface area contributed by atoms with Crippen LogP contribution in [0.2, 0.25) is 0 Å². The molecule has 0 saturated carbocycles. The molecule has 1 fully saturated rings. The predicted octanol–water partition coefficient (Wildman–Crippen LogP) is 1.81. The van der Waals surface area contributed by atoms with E-state index in [-0.39, 0.29) is 0 Å². The molecule has 4 heteroatoms. The first-order valence-corrected chi connectivity index (χ1v) is 6.11. The summed E-state index contributed by atoms with van der Waals surface area (Å²) in [6.45, 7) is 7.48. The summed E-state index contributed by atoms with van der Waals surface area (Å²) < 4.78 is 5.34. The van der Waals surface area contributed by atoms with E-state index in [1.807, 2.05) is 12.1 Å². The largest absolute Gasteiger partial charge is 0.397 e. The Morgan fingerprint density at radius 2 is 1.65 bits per heavy atom. The van der Waals surface area contributed by atoms with Gasteiger partial charge in [-0.3, -0.25) is 0 Å². The van der Waals surface area contributed by atoms with Gasteiger partial charge in [-0.15, -0.1) is 0 Å². The number of anilines is 3. The van der Waals surface area contributed by atoms with Crippen LogP contribution in [0.4, 0.5) is 17.1 Å². The van der Waals surface area contributed by atoms with E-state index in [0.717, 1.165) is 43.4 Å². The van der Waals surface area contributed by atoms with Crippen LogP contribution < -0.4 is 16.4 Å². The molecule has 0 spiro atoms. The summed E-state index contributed by atoms with van der Waals surface area (Å²) in [5.41, 5.74) is 16.0. The standard InChI is InChI=1S/C13H21N3O/c1-9(2)10-7-11(14)13(12(15)8-10)16-3-5-17-6-4-16/h7-9H,3-6,14-15H2,1-2H3. The number of nitrogen functional groups attached to an aromatic ring is 2. The molecule has 0 aromatic heterocycles. The Morgan fingerprint density at radius 1 is 1.12 bits per heavy atom. The van der Waals surface area contributed by atoms with Gasteiger partial charge in [0.15, 0.2) is 0 Å². The number of benzene rings is 1. The van der Waals surface area contributed by atoms with E-state index in [4.69, 9.17) is 16.2 Å². The Morgan fingerprint density at radius 3 is 2.12 bits per heavy atom. The number of morpholine rings is 1. The maximum atomic E-state index is 6.13. The summed E-state index contributed by atoms with van der Waals surface area (Å²) in [6.07, 6.45) is 0. The van der Waals surface area contributed by atoms with E-state index < -0.39 is 0 Å². The van der Waals surface area contributed by atoms with Gasteiger partial charge in [0.1, 0.15) is 0 Å². The van der Waals surface area contributed by atoms with E-state index in [0.29, 0.717) is 5.92 Å². The maximum Gasteiger partial charge on any atom is 0.0835 e. The molecule has 2 rings (SSSR count). The van der Waals surface area contributed by atoms with Gasteiger partial charge < -0.3 is 21.1 Å². The Labute approximate surface area is 103 Å². The van der Waals surface area contributed by atoms with Crippen LogP contribution in [0.1, 0.15) is 25.3 Å². The second kappa shape index (κ2) is 4.84. The normalized spacial score (nSPS) is 16.5. The predicted molar refractivity (Wildman–Crippen MR) is 72.4 cm³/mol. The maximum absolute atomic E-state index is 6.13. The topological polar surface area (TPSA) is 64.5 Å². The fourth-order valence-electron chi connectivity index (χ4n) is 2.19. The molecule has 1 aliphatic rings. The van der Waals surface area contributed by atoms with E-state index in [2.05, 4.69) is 18.7 Å². The number of rotatable bonds is 2. The van der Waals surface area contributed by atoms with Crippen LogP contribution in [0.3, 0.4) is 0 Å². The van der Waals surface area contributed by atoms with Gasteiger partial charge in [-0.2, -0.15) is 0 Å². The molecule has 1 aliphatic heterocycles. The lowest BCUT2D eigenvalue weighted by Gasteiger charge is -2.31. The third kappa shape index (κ3) is 2.47. The van der Waals surface area contributed by atoms with Crippen molar-refractivity contribution in [2.75, 3.05) is 42.7 Å². The SMILES string of the molecule is CC(C)c1cc(N)c(N2CCOCC2)c(N)c1. The van der Waals surface area contributed by atoms with Gasteiger partial charge in [-0.1, -0.05) is 13.8 Å². The fourth-order valence-corrected chi connectivity index (χ4v) is 2.19. The minimum Gasteiger partial charge on any atom is -0.397 e. The number of hydrogen-bond donors (Lipinski definition) is 2. The quantitative estimate of drug-likeness (QED) is 0.767. The molecule has 1 heterocycles. The molecule has 4 N–H and O–H groups in total. The van der Waals surface area contributed by atoms with Crippen molar-refractivity contribution in [3.8, 4) is 0 Å². The second-order valence-corrected chi connectivity index (χ2v) is 4.80. The number of nitrogens with two attached hydrogens (primary N) is 2. The lowest BCUT2D eigenvalue weighted by atomic mass is 10.0. The molecule has 0 unspecified atom stereocenters. The highest BCUT2D eigenvalue weighted by molar-refractivity contribution is 5.81. The van der Waals surface area contributed by atoms with E-state index >= 15 is 0 Å². The van der Waals surface area contributed by atoms with E-state index in [1.54, 1.807) is 0 Å². The first-order chi connectivity index (χ1) is 8.09. The monoisotopic (exact) mass is 235 g/mol. The molecule has 1 aromatic carbocycles. The zero-order valence-corrected chi connectivity index (χ0v) is 10.6. The van der Waals surface area contributed by atoms with Crippen molar-refractivity contribution in [2.24, 2.45) is 0 Å². The minimum absolute atomic E-state index is 0.443. The molecule has 0 radical (unpaired) electrons. The van der Waals surface area contributed by atoms with Gasteiger partial charge in [-0.25, -0.2) is 0 Å². The number of nitrogens with zero attached hydrogens (tertiary/aromatic N) is 1. The van der Waals surface area contributed by atoms with Gasteiger partial charge in [0.2, 0.25) is 0 Å². The Kier molecular flexibility index (Phi) is 3.43. The average Bonchev–Trinajstić information content (AvgIpc) is 2.29. The highest BCUT2D eigenvalue weighted by atomic mass is 16.5. The molecule has 17 heavy (non-hydrogen) atoms. The second-order valence-electron chi connectivity index (χ2n) is 4.80. The molecule has 0 bridgehead atoms.